The van der Waals surface area contributed by atoms with E-state index in [1.807, 2.05) is 13.8 Å². The highest BCUT2D eigenvalue weighted by Crippen LogP contribution is 2.01. The fourth-order valence-electron chi connectivity index (χ4n) is 0.904. The SMILES string of the molecule is COCCOCCCOCC(O)C(C)C. The molecule has 0 saturated heterocycles. The Morgan fingerprint density at radius 1 is 1.00 bits per heavy atom. The summed E-state index contributed by atoms with van der Waals surface area (Å²) in [4.78, 5) is 0. The monoisotopic (exact) mass is 220 g/mol. The van der Waals surface area contributed by atoms with E-state index in [9.17, 15) is 5.11 Å². The van der Waals surface area contributed by atoms with Crippen LogP contribution >= 0.6 is 0 Å². The molecule has 1 N–H and O–H groups in total. The largest absolute Gasteiger partial charge is 0.390 e. The van der Waals surface area contributed by atoms with Gasteiger partial charge in [0, 0.05) is 20.3 Å². The zero-order valence-electron chi connectivity index (χ0n) is 10.1. The van der Waals surface area contributed by atoms with E-state index in [4.69, 9.17) is 14.2 Å². The van der Waals surface area contributed by atoms with Gasteiger partial charge in [-0.3, -0.25) is 0 Å². The van der Waals surface area contributed by atoms with Crippen LogP contribution in [0.5, 0.6) is 0 Å². The third-order valence-electron chi connectivity index (χ3n) is 2.07. The quantitative estimate of drug-likeness (QED) is 0.560. The lowest BCUT2D eigenvalue weighted by Crippen LogP contribution is -2.22. The van der Waals surface area contributed by atoms with Crippen molar-refractivity contribution in [1.82, 2.24) is 0 Å². The Hall–Kier alpha value is -0.160. The predicted octanol–water partition coefficient (Wildman–Crippen LogP) is 1.07. The minimum atomic E-state index is -0.362. The third kappa shape index (κ3) is 10.1. The van der Waals surface area contributed by atoms with E-state index in [-0.39, 0.29) is 12.0 Å². The number of rotatable bonds is 10. The molecule has 0 aliphatic heterocycles. The van der Waals surface area contributed by atoms with Crippen LogP contribution in [0.25, 0.3) is 0 Å². The van der Waals surface area contributed by atoms with Crippen LogP contribution in [-0.4, -0.2) is 51.4 Å². The molecule has 0 heterocycles. The molecule has 0 saturated carbocycles. The zero-order valence-corrected chi connectivity index (χ0v) is 10.1. The van der Waals surface area contributed by atoms with Crippen LogP contribution in [0.2, 0.25) is 0 Å². The maximum absolute atomic E-state index is 9.43. The summed E-state index contributed by atoms with van der Waals surface area (Å²) < 4.78 is 15.4. The molecule has 0 aromatic heterocycles. The van der Waals surface area contributed by atoms with E-state index in [1.54, 1.807) is 7.11 Å². The highest BCUT2D eigenvalue weighted by Gasteiger charge is 2.08. The molecule has 0 aromatic rings. The second kappa shape index (κ2) is 10.4. The lowest BCUT2D eigenvalue weighted by atomic mass is 10.1. The Kier molecular flexibility index (Phi) is 10.3. The van der Waals surface area contributed by atoms with Crippen LogP contribution < -0.4 is 0 Å². The molecule has 0 aliphatic carbocycles. The molecule has 1 unspecified atom stereocenters. The molecule has 0 spiro atoms. The van der Waals surface area contributed by atoms with Crippen LogP contribution in [-0.2, 0) is 14.2 Å². The average Bonchev–Trinajstić information content (AvgIpc) is 2.21. The Morgan fingerprint density at radius 2 is 1.67 bits per heavy atom. The minimum Gasteiger partial charge on any atom is -0.390 e. The molecule has 4 nitrogen and oxygen atoms in total. The van der Waals surface area contributed by atoms with Gasteiger partial charge in [-0.15, -0.1) is 0 Å². The lowest BCUT2D eigenvalue weighted by molar-refractivity contribution is 0.00207. The van der Waals surface area contributed by atoms with Crippen LogP contribution in [0.3, 0.4) is 0 Å². The fraction of sp³-hybridized carbons (Fsp3) is 1.00. The lowest BCUT2D eigenvalue weighted by Gasteiger charge is -2.14. The molecule has 0 amide bonds. The summed E-state index contributed by atoms with van der Waals surface area (Å²) >= 11 is 0. The van der Waals surface area contributed by atoms with E-state index in [1.165, 1.54) is 0 Å². The highest BCUT2D eigenvalue weighted by molar-refractivity contribution is 4.57. The Labute approximate surface area is 92.5 Å². The van der Waals surface area contributed by atoms with E-state index < -0.39 is 0 Å². The van der Waals surface area contributed by atoms with E-state index in [2.05, 4.69) is 0 Å². The van der Waals surface area contributed by atoms with Crippen molar-refractivity contribution in [3.63, 3.8) is 0 Å². The zero-order chi connectivity index (χ0) is 11.5. The van der Waals surface area contributed by atoms with E-state index in [0.29, 0.717) is 33.0 Å². The van der Waals surface area contributed by atoms with Crippen molar-refractivity contribution in [3.8, 4) is 0 Å². The van der Waals surface area contributed by atoms with Gasteiger partial charge in [0.05, 0.1) is 25.9 Å². The summed E-state index contributed by atoms with van der Waals surface area (Å²) in [6, 6.07) is 0. The topological polar surface area (TPSA) is 47.9 Å². The van der Waals surface area contributed by atoms with Crippen molar-refractivity contribution in [2.24, 2.45) is 5.92 Å². The average molecular weight is 220 g/mol. The maximum Gasteiger partial charge on any atom is 0.0796 e. The van der Waals surface area contributed by atoms with Gasteiger partial charge in [0.2, 0.25) is 0 Å². The molecule has 0 fully saturated rings. The van der Waals surface area contributed by atoms with Gasteiger partial charge in [-0.25, -0.2) is 0 Å². The fourth-order valence-corrected chi connectivity index (χ4v) is 0.904. The number of aliphatic hydroxyl groups excluding tert-OH is 1. The summed E-state index contributed by atoms with van der Waals surface area (Å²) in [5.41, 5.74) is 0. The maximum atomic E-state index is 9.43. The second-order valence-electron chi connectivity index (χ2n) is 3.85. The Balaban J connectivity index is 3.05. The van der Waals surface area contributed by atoms with Gasteiger partial charge < -0.3 is 19.3 Å². The molecule has 92 valence electrons. The summed E-state index contributed by atoms with van der Waals surface area (Å²) in [7, 11) is 1.65. The van der Waals surface area contributed by atoms with Gasteiger partial charge in [0.15, 0.2) is 0 Å². The molecule has 15 heavy (non-hydrogen) atoms. The van der Waals surface area contributed by atoms with Gasteiger partial charge in [-0.2, -0.15) is 0 Å². The molecule has 0 radical (unpaired) electrons. The third-order valence-corrected chi connectivity index (χ3v) is 2.07. The Bertz CT molecular complexity index is 128. The first-order valence-electron chi connectivity index (χ1n) is 5.51. The van der Waals surface area contributed by atoms with Crippen molar-refractivity contribution in [2.75, 3.05) is 40.1 Å². The molecule has 4 heteroatoms. The van der Waals surface area contributed by atoms with Crippen LogP contribution in [0, 0.1) is 5.92 Å². The standard InChI is InChI=1S/C11H24O4/c1-10(2)11(12)9-15-6-4-5-14-8-7-13-3/h10-12H,4-9H2,1-3H3. The van der Waals surface area contributed by atoms with Crippen molar-refractivity contribution in [1.29, 1.82) is 0 Å². The number of hydrogen-bond acceptors (Lipinski definition) is 4. The Morgan fingerprint density at radius 3 is 2.27 bits per heavy atom. The number of methoxy groups -OCH3 is 1. The number of aliphatic hydroxyl groups is 1. The van der Waals surface area contributed by atoms with Gasteiger partial charge in [-0.05, 0) is 12.3 Å². The molecule has 1 atom stereocenters. The predicted molar refractivity (Wildman–Crippen MR) is 59.0 cm³/mol. The first kappa shape index (κ1) is 14.8. The van der Waals surface area contributed by atoms with Gasteiger partial charge >= 0.3 is 0 Å². The molecule has 0 bridgehead atoms. The van der Waals surface area contributed by atoms with Crippen molar-refractivity contribution in [2.45, 2.75) is 26.4 Å². The molecular formula is C11H24O4. The van der Waals surface area contributed by atoms with Crippen LogP contribution in [0.15, 0.2) is 0 Å². The number of ether oxygens (including phenoxy) is 3. The van der Waals surface area contributed by atoms with Gasteiger partial charge in [0.1, 0.15) is 0 Å². The minimum absolute atomic E-state index is 0.253. The van der Waals surface area contributed by atoms with E-state index >= 15 is 0 Å². The number of hydrogen-bond donors (Lipinski definition) is 1. The molecule has 0 rings (SSSR count). The summed E-state index contributed by atoms with van der Waals surface area (Å²) in [5.74, 6) is 0.253. The normalized spacial score (nSPS) is 13.4. The van der Waals surface area contributed by atoms with Crippen LogP contribution in [0.1, 0.15) is 20.3 Å². The van der Waals surface area contributed by atoms with Crippen LogP contribution in [0.4, 0.5) is 0 Å². The molecule has 0 aromatic carbocycles. The van der Waals surface area contributed by atoms with Crippen molar-refractivity contribution >= 4 is 0 Å². The van der Waals surface area contributed by atoms with Crippen molar-refractivity contribution in [3.05, 3.63) is 0 Å². The molecule has 0 aliphatic rings. The summed E-state index contributed by atoms with van der Waals surface area (Å²) in [5, 5.41) is 9.43. The summed E-state index contributed by atoms with van der Waals surface area (Å²) in [6.07, 6.45) is 0.494. The van der Waals surface area contributed by atoms with Gasteiger partial charge in [0.25, 0.3) is 0 Å². The smallest absolute Gasteiger partial charge is 0.0796 e. The van der Waals surface area contributed by atoms with Gasteiger partial charge in [-0.1, -0.05) is 13.8 Å². The first-order chi connectivity index (χ1) is 7.18. The molecular weight excluding hydrogens is 196 g/mol. The van der Waals surface area contributed by atoms with E-state index in [0.717, 1.165) is 6.42 Å². The highest BCUT2D eigenvalue weighted by atomic mass is 16.5. The second-order valence-corrected chi connectivity index (χ2v) is 3.85. The van der Waals surface area contributed by atoms with Crippen molar-refractivity contribution < 1.29 is 19.3 Å². The first-order valence-corrected chi connectivity index (χ1v) is 5.51. The summed E-state index contributed by atoms with van der Waals surface area (Å²) in [6.45, 7) is 6.94.